The summed E-state index contributed by atoms with van der Waals surface area (Å²) < 4.78 is 0. The second-order valence-electron chi connectivity index (χ2n) is 4.33. The van der Waals surface area contributed by atoms with Gasteiger partial charge >= 0.3 is 5.97 Å². The Hall–Kier alpha value is -1.65. The molecule has 0 rings (SSSR count). The number of ketones is 1. The van der Waals surface area contributed by atoms with Crippen molar-refractivity contribution in [3.8, 4) is 0 Å². The zero-order valence-corrected chi connectivity index (χ0v) is 11.0. The van der Waals surface area contributed by atoms with Gasteiger partial charge in [-0.15, -0.1) is 0 Å². The standard InChI is InChI=1S/C13H21NO4/c1-4-9(2)12(16)14-7-5-6-11(15)8-10(3)13(17)18/h9H,3-8H2,1-2H3,(H,14,16)(H,17,18). The minimum Gasteiger partial charge on any atom is -0.478 e. The van der Waals surface area contributed by atoms with E-state index in [0.717, 1.165) is 6.42 Å². The fourth-order valence-electron chi connectivity index (χ4n) is 1.26. The van der Waals surface area contributed by atoms with Gasteiger partial charge in [0, 0.05) is 30.9 Å². The molecule has 0 aromatic heterocycles. The van der Waals surface area contributed by atoms with E-state index in [0.29, 0.717) is 13.0 Å². The first kappa shape index (κ1) is 16.4. The van der Waals surface area contributed by atoms with Crippen LogP contribution in [0.2, 0.25) is 0 Å². The minimum absolute atomic E-state index is 0.0140. The van der Waals surface area contributed by atoms with E-state index in [1.54, 1.807) is 0 Å². The molecule has 1 atom stereocenters. The van der Waals surface area contributed by atoms with E-state index < -0.39 is 5.97 Å². The van der Waals surface area contributed by atoms with Crippen LogP contribution < -0.4 is 5.32 Å². The topological polar surface area (TPSA) is 83.5 Å². The first-order valence-corrected chi connectivity index (χ1v) is 6.09. The second kappa shape index (κ2) is 8.44. The zero-order valence-electron chi connectivity index (χ0n) is 11.0. The number of Topliss-reactive ketones (excluding diaryl/α,β-unsaturated/α-hetero) is 1. The van der Waals surface area contributed by atoms with E-state index in [1.807, 2.05) is 13.8 Å². The lowest BCUT2D eigenvalue weighted by molar-refractivity contribution is -0.133. The van der Waals surface area contributed by atoms with Gasteiger partial charge in [-0.3, -0.25) is 9.59 Å². The third-order valence-corrected chi connectivity index (χ3v) is 2.70. The molecule has 0 heterocycles. The molecule has 102 valence electrons. The first-order chi connectivity index (χ1) is 8.38. The molecule has 5 nitrogen and oxygen atoms in total. The number of rotatable bonds is 9. The molecule has 0 spiro atoms. The molecule has 0 radical (unpaired) electrons. The third-order valence-electron chi connectivity index (χ3n) is 2.70. The SMILES string of the molecule is C=C(CC(=O)CCCNC(=O)C(C)CC)C(=O)O. The van der Waals surface area contributed by atoms with Crippen molar-refractivity contribution in [3.63, 3.8) is 0 Å². The minimum atomic E-state index is -1.14. The van der Waals surface area contributed by atoms with Crippen molar-refractivity contribution in [1.29, 1.82) is 0 Å². The van der Waals surface area contributed by atoms with Crippen molar-refractivity contribution in [3.05, 3.63) is 12.2 Å². The van der Waals surface area contributed by atoms with Crippen LogP contribution in [-0.2, 0) is 14.4 Å². The number of hydrogen-bond acceptors (Lipinski definition) is 3. The lowest BCUT2D eigenvalue weighted by Crippen LogP contribution is -2.29. The largest absolute Gasteiger partial charge is 0.478 e. The average Bonchev–Trinajstić information content (AvgIpc) is 2.32. The van der Waals surface area contributed by atoms with Gasteiger partial charge in [0.1, 0.15) is 5.78 Å². The highest BCUT2D eigenvalue weighted by atomic mass is 16.4. The monoisotopic (exact) mass is 255 g/mol. The van der Waals surface area contributed by atoms with Gasteiger partial charge in [0.25, 0.3) is 0 Å². The predicted molar refractivity (Wildman–Crippen MR) is 68.1 cm³/mol. The quantitative estimate of drug-likeness (QED) is 0.483. The van der Waals surface area contributed by atoms with Crippen molar-refractivity contribution in [2.75, 3.05) is 6.54 Å². The highest BCUT2D eigenvalue weighted by molar-refractivity contribution is 5.94. The highest BCUT2D eigenvalue weighted by Gasteiger charge is 2.11. The van der Waals surface area contributed by atoms with Crippen molar-refractivity contribution in [1.82, 2.24) is 5.32 Å². The lowest BCUT2D eigenvalue weighted by Gasteiger charge is -2.09. The number of carboxylic acids is 1. The van der Waals surface area contributed by atoms with E-state index >= 15 is 0 Å². The molecule has 0 aliphatic carbocycles. The normalized spacial score (nSPS) is 11.7. The first-order valence-electron chi connectivity index (χ1n) is 6.09. The molecule has 1 unspecified atom stereocenters. The maximum absolute atomic E-state index is 11.4. The molecule has 0 fully saturated rings. The molecule has 18 heavy (non-hydrogen) atoms. The van der Waals surface area contributed by atoms with Crippen molar-refractivity contribution < 1.29 is 19.5 Å². The number of carbonyl (C=O) groups excluding carboxylic acids is 2. The Morgan fingerprint density at radius 3 is 2.44 bits per heavy atom. The Labute approximate surface area is 107 Å². The molecule has 0 aliphatic heterocycles. The molecular weight excluding hydrogens is 234 g/mol. The van der Waals surface area contributed by atoms with Crippen molar-refractivity contribution in [2.24, 2.45) is 5.92 Å². The van der Waals surface area contributed by atoms with Gasteiger partial charge in [0.2, 0.25) is 5.91 Å². The summed E-state index contributed by atoms with van der Waals surface area (Å²) in [5.41, 5.74) is -0.0939. The molecule has 0 aromatic rings. The second-order valence-corrected chi connectivity index (χ2v) is 4.33. The fraction of sp³-hybridized carbons (Fsp3) is 0.615. The summed E-state index contributed by atoms with van der Waals surface area (Å²) in [6.45, 7) is 7.51. The Balaban J connectivity index is 3.73. The number of nitrogens with one attached hydrogen (secondary N) is 1. The summed E-state index contributed by atoms with van der Waals surface area (Å²) in [4.78, 5) is 33.2. The van der Waals surface area contributed by atoms with Crippen molar-refractivity contribution in [2.45, 2.75) is 39.5 Å². The summed E-state index contributed by atoms with van der Waals surface area (Å²) in [7, 11) is 0. The zero-order chi connectivity index (χ0) is 14.1. The Kier molecular flexibility index (Phi) is 7.67. The molecule has 2 N–H and O–H groups in total. The number of amides is 1. The molecule has 0 saturated carbocycles. The summed E-state index contributed by atoms with van der Waals surface area (Å²) in [5.74, 6) is -1.35. The van der Waals surface area contributed by atoms with Gasteiger partial charge in [0.05, 0.1) is 0 Å². The number of aliphatic carboxylic acids is 1. The Morgan fingerprint density at radius 1 is 1.33 bits per heavy atom. The number of hydrogen-bond donors (Lipinski definition) is 2. The van der Waals surface area contributed by atoms with Gasteiger partial charge in [-0.1, -0.05) is 20.4 Å². The summed E-state index contributed by atoms with van der Waals surface area (Å²) in [6.07, 6.45) is 1.43. The average molecular weight is 255 g/mol. The number of carboxylic acid groups (broad SMARTS) is 1. The highest BCUT2D eigenvalue weighted by Crippen LogP contribution is 2.04. The smallest absolute Gasteiger partial charge is 0.331 e. The molecule has 5 heteroatoms. The van der Waals surface area contributed by atoms with Crippen LogP contribution in [0.1, 0.15) is 39.5 Å². The number of carbonyl (C=O) groups is 3. The molecular formula is C13H21NO4. The molecule has 0 aromatic carbocycles. The van der Waals surface area contributed by atoms with Crippen LogP contribution >= 0.6 is 0 Å². The van der Waals surface area contributed by atoms with Crippen molar-refractivity contribution >= 4 is 17.7 Å². The predicted octanol–water partition coefficient (Wildman–Crippen LogP) is 1.53. The molecule has 1 amide bonds. The molecule has 0 aliphatic rings. The maximum Gasteiger partial charge on any atom is 0.331 e. The lowest BCUT2D eigenvalue weighted by atomic mass is 10.1. The van der Waals surface area contributed by atoms with Crippen LogP contribution in [0.25, 0.3) is 0 Å². The van der Waals surface area contributed by atoms with Crippen LogP contribution in [0.5, 0.6) is 0 Å². The van der Waals surface area contributed by atoms with Crippen LogP contribution in [0.3, 0.4) is 0 Å². The van der Waals surface area contributed by atoms with Gasteiger partial charge in [-0.2, -0.15) is 0 Å². The van der Waals surface area contributed by atoms with E-state index in [1.165, 1.54) is 0 Å². The van der Waals surface area contributed by atoms with E-state index in [9.17, 15) is 14.4 Å². The van der Waals surface area contributed by atoms with E-state index in [2.05, 4.69) is 11.9 Å². The van der Waals surface area contributed by atoms with Gasteiger partial charge < -0.3 is 10.4 Å². The fourth-order valence-corrected chi connectivity index (χ4v) is 1.26. The molecule has 0 bridgehead atoms. The Morgan fingerprint density at radius 2 is 1.94 bits per heavy atom. The molecule has 0 saturated heterocycles. The third kappa shape index (κ3) is 6.83. The summed E-state index contributed by atoms with van der Waals surface area (Å²) in [6, 6.07) is 0. The van der Waals surface area contributed by atoms with E-state index in [4.69, 9.17) is 5.11 Å². The summed E-state index contributed by atoms with van der Waals surface area (Å²) >= 11 is 0. The van der Waals surface area contributed by atoms with Crippen LogP contribution in [0, 0.1) is 5.92 Å². The van der Waals surface area contributed by atoms with E-state index in [-0.39, 0.29) is 36.0 Å². The van der Waals surface area contributed by atoms with Gasteiger partial charge in [-0.05, 0) is 12.8 Å². The maximum atomic E-state index is 11.4. The Bertz CT molecular complexity index is 336. The summed E-state index contributed by atoms with van der Waals surface area (Å²) in [5, 5.41) is 11.3. The van der Waals surface area contributed by atoms with Gasteiger partial charge in [0.15, 0.2) is 0 Å². The van der Waals surface area contributed by atoms with Gasteiger partial charge in [-0.25, -0.2) is 4.79 Å². The van der Waals surface area contributed by atoms with Crippen LogP contribution in [-0.4, -0.2) is 29.3 Å². The van der Waals surface area contributed by atoms with Crippen LogP contribution in [0.15, 0.2) is 12.2 Å². The van der Waals surface area contributed by atoms with Crippen LogP contribution in [0.4, 0.5) is 0 Å².